The van der Waals surface area contributed by atoms with Crippen molar-refractivity contribution >= 4 is 25.7 Å². The van der Waals surface area contributed by atoms with Crippen LogP contribution in [0.3, 0.4) is 0 Å². The van der Waals surface area contributed by atoms with Crippen molar-refractivity contribution in [3.63, 3.8) is 0 Å². The SMILES string of the molecule is C=C(C(C)C)C1C(=O)c2cccc(C)c2C1=P.CC(C)=O. The van der Waals surface area contributed by atoms with Crippen molar-refractivity contribution in [3.05, 3.63) is 47.0 Å². The van der Waals surface area contributed by atoms with Crippen LogP contribution in [0, 0.1) is 18.8 Å². The molecule has 0 fully saturated rings. The fraction of sp³-hybridized carbons (Fsp3) is 0.389. The Labute approximate surface area is 129 Å². The van der Waals surface area contributed by atoms with Gasteiger partial charge in [0.1, 0.15) is 5.78 Å². The number of allylic oxidation sites excluding steroid dienone is 1. The summed E-state index contributed by atoms with van der Waals surface area (Å²) >= 11 is 0. The van der Waals surface area contributed by atoms with E-state index in [-0.39, 0.29) is 17.5 Å². The molecule has 0 spiro atoms. The van der Waals surface area contributed by atoms with Gasteiger partial charge in [0.05, 0.1) is 5.92 Å². The Morgan fingerprint density at radius 1 is 1.29 bits per heavy atom. The molecule has 1 aromatic rings. The van der Waals surface area contributed by atoms with Gasteiger partial charge in [-0.25, -0.2) is 0 Å². The third kappa shape index (κ3) is 3.77. The standard InChI is InChI=1S/C15H17OP.C3H6O/c1-8(2)10(4)13-14(16)11-7-5-6-9(3)12(11)15(13)17;1-3(2)4/h5-8,13,17H,4H2,1-3H3;1-2H3. The van der Waals surface area contributed by atoms with Gasteiger partial charge in [0, 0.05) is 5.56 Å². The molecule has 3 heteroatoms. The molecular weight excluding hydrogens is 279 g/mol. The third-order valence-electron chi connectivity index (χ3n) is 3.47. The number of hydrogen-bond donors (Lipinski definition) is 0. The second-order valence-corrected chi connectivity index (χ2v) is 6.38. The van der Waals surface area contributed by atoms with Gasteiger partial charge in [0.15, 0.2) is 5.78 Å². The first-order valence-corrected chi connectivity index (χ1v) is 7.57. The summed E-state index contributed by atoms with van der Waals surface area (Å²) in [6.07, 6.45) is 0. The number of aryl methyl sites for hydroxylation is 1. The summed E-state index contributed by atoms with van der Waals surface area (Å²) in [5, 5.41) is 0.974. The van der Waals surface area contributed by atoms with Gasteiger partial charge in [-0.15, -0.1) is 8.86 Å². The molecule has 1 aromatic carbocycles. The van der Waals surface area contributed by atoms with Crippen molar-refractivity contribution in [1.82, 2.24) is 0 Å². The van der Waals surface area contributed by atoms with Gasteiger partial charge in [0.25, 0.3) is 0 Å². The average Bonchev–Trinajstić information content (AvgIpc) is 2.61. The van der Waals surface area contributed by atoms with Gasteiger partial charge in [-0.2, -0.15) is 0 Å². The van der Waals surface area contributed by atoms with E-state index < -0.39 is 0 Å². The Morgan fingerprint density at radius 3 is 2.24 bits per heavy atom. The molecule has 0 bridgehead atoms. The van der Waals surface area contributed by atoms with E-state index in [1.54, 1.807) is 0 Å². The van der Waals surface area contributed by atoms with Crippen LogP contribution < -0.4 is 0 Å². The van der Waals surface area contributed by atoms with Crippen molar-refractivity contribution in [2.24, 2.45) is 11.8 Å². The van der Waals surface area contributed by atoms with Gasteiger partial charge >= 0.3 is 0 Å². The normalized spacial score (nSPS) is 16.4. The van der Waals surface area contributed by atoms with E-state index in [9.17, 15) is 9.59 Å². The number of fused-ring (bicyclic) bond motifs is 1. The summed E-state index contributed by atoms with van der Waals surface area (Å²) < 4.78 is 0. The monoisotopic (exact) mass is 302 g/mol. The van der Waals surface area contributed by atoms with Crippen molar-refractivity contribution in [1.29, 1.82) is 0 Å². The first-order chi connectivity index (χ1) is 9.68. The number of ketones is 2. The zero-order valence-corrected chi connectivity index (χ0v) is 14.4. The van der Waals surface area contributed by atoms with Crippen molar-refractivity contribution in [3.8, 4) is 0 Å². The molecule has 2 rings (SSSR count). The van der Waals surface area contributed by atoms with Gasteiger partial charge in [0.2, 0.25) is 0 Å². The molecule has 112 valence electrons. The van der Waals surface area contributed by atoms with E-state index in [1.165, 1.54) is 13.8 Å². The average molecular weight is 302 g/mol. The maximum atomic E-state index is 12.4. The Kier molecular flexibility index (Phi) is 5.80. The van der Waals surface area contributed by atoms with Crippen molar-refractivity contribution in [2.45, 2.75) is 34.6 Å². The molecule has 0 saturated heterocycles. The highest BCUT2D eigenvalue weighted by Crippen LogP contribution is 2.36. The molecule has 0 amide bonds. The Morgan fingerprint density at radius 2 is 1.81 bits per heavy atom. The van der Waals surface area contributed by atoms with E-state index >= 15 is 0 Å². The van der Waals surface area contributed by atoms with E-state index in [2.05, 4.69) is 29.3 Å². The second kappa shape index (κ2) is 6.95. The summed E-state index contributed by atoms with van der Waals surface area (Å²) in [7, 11) is 3.66. The lowest BCUT2D eigenvalue weighted by Crippen LogP contribution is -2.19. The van der Waals surface area contributed by atoms with E-state index in [1.807, 2.05) is 25.1 Å². The molecule has 2 nitrogen and oxygen atoms in total. The number of benzene rings is 1. The number of hydrogen-bond acceptors (Lipinski definition) is 2. The summed E-state index contributed by atoms with van der Waals surface area (Å²) in [5.41, 5.74) is 4.00. The van der Waals surface area contributed by atoms with Crippen LogP contribution in [-0.2, 0) is 4.79 Å². The molecule has 0 saturated carbocycles. The highest BCUT2D eigenvalue weighted by molar-refractivity contribution is 7.23. The van der Waals surface area contributed by atoms with Crippen LogP contribution in [0.25, 0.3) is 0 Å². The maximum Gasteiger partial charge on any atom is 0.175 e. The Balaban J connectivity index is 0.000000491. The minimum absolute atomic E-state index is 0.167. The van der Waals surface area contributed by atoms with Crippen LogP contribution in [-0.4, -0.2) is 16.9 Å². The van der Waals surface area contributed by atoms with Crippen LogP contribution in [0.2, 0.25) is 0 Å². The molecule has 1 aliphatic carbocycles. The fourth-order valence-electron chi connectivity index (χ4n) is 2.35. The molecule has 0 heterocycles. The topological polar surface area (TPSA) is 34.1 Å². The number of carbonyl (C=O) groups is 2. The largest absolute Gasteiger partial charge is 0.300 e. The zero-order valence-electron chi connectivity index (χ0n) is 13.4. The number of rotatable bonds is 2. The lowest BCUT2D eigenvalue weighted by atomic mass is 9.88. The molecule has 0 radical (unpaired) electrons. The molecule has 1 aliphatic rings. The fourth-order valence-corrected chi connectivity index (χ4v) is 3.00. The van der Waals surface area contributed by atoms with E-state index in [0.717, 1.165) is 27.6 Å². The van der Waals surface area contributed by atoms with Crippen LogP contribution in [0.5, 0.6) is 0 Å². The molecule has 0 N–H and O–H groups in total. The Bertz CT molecular complexity index is 608. The van der Waals surface area contributed by atoms with Crippen LogP contribution in [0.15, 0.2) is 30.4 Å². The third-order valence-corrected chi connectivity index (χ3v) is 4.01. The molecule has 1 unspecified atom stereocenters. The minimum Gasteiger partial charge on any atom is -0.300 e. The highest BCUT2D eigenvalue weighted by Gasteiger charge is 2.37. The summed E-state index contributed by atoms with van der Waals surface area (Å²) in [4.78, 5) is 21.8. The first-order valence-electron chi connectivity index (χ1n) is 7.07. The summed E-state index contributed by atoms with van der Waals surface area (Å²) in [6.45, 7) is 13.3. The Hall–Kier alpha value is -1.53. The molecule has 0 aromatic heterocycles. The quantitative estimate of drug-likeness (QED) is 0.603. The van der Waals surface area contributed by atoms with Crippen LogP contribution in [0.1, 0.15) is 49.2 Å². The number of carbonyl (C=O) groups excluding carboxylic acids is 2. The summed E-state index contributed by atoms with van der Waals surface area (Å²) in [5.74, 6) is 0.458. The maximum absolute atomic E-state index is 12.4. The minimum atomic E-state index is -0.192. The lowest BCUT2D eigenvalue weighted by Gasteiger charge is -2.16. The summed E-state index contributed by atoms with van der Waals surface area (Å²) in [6, 6.07) is 5.87. The van der Waals surface area contributed by atoms with Gasteiger partial charge in [-0.1, -0.05) is 44.2 Å². The first kappa shape index (κ1) is 17.5. The molecule has 1 atom stereocenters. The lowest BCUT2D eigenvalue weighted by molar-refractivity contribution is -0.114. The van der Waals surface area contributed by atoms with Crippen molar-refractivity contribution in [2.75, 3.05) is 0 Å². The molecule has 21 heavy (non-hydrogen) atoms. The predicted octanol–water partition coefficient (Wildman–Crippen LogP) is 4.28. The second-order valence-electron chi connectivity index (χ2n) is 5.85. The smallest absolute Gasteiger partial charge is 0.175 e. The van der Waals surface area contributed by atoms with Crippen LogP contribution >= 0.6 is 8.86 Å². The van der Waals surface area contributed by atoms with Gasteiger partial charge in [-0.3, -0.25) is 4.79 Å². The van der Waals surface area contributed by atoms with Gasteiger partial charge < -0.3 is 4.79 Å². The highest BCUT2D eigenvalue weighted by atomic mass is 31.0. The molecule has 0 aliphatic heterocycles. The van der Waals surface area contributed by atoms with Crippen LogP contribution in [0.4, 0.5) is 0 Å². The predicted molar refractivity (Wildman–Crippen MR) is 91.8 cm³/mol. The van der Waals surface area contributed by atoms with Crippen molar-refractivity contribution < 1.29 is 9.59 Å². The van der Waals surface area contributed by atoms with E-state index in [0.29, 0.717) is 5.92 Å². The zero-order chi connectivity index (χ0) is 16.3. The van der Waals surface area contributed by atoms with Gasteiger partial charge in [-0.05, 0) is 43.1 Å². The molecular formula is C18H23O2P. The van der Waals surface area contributed by atoms with E-state index in [4.69, 9.17) is 0 Å². The number of Topliss-reactive ketones (excluding diaryl/α,β-unsaturated/α-hetero) is 2.